The van der Waals surface area contributed by atoms with Gasteiger partial charge in [0.15, 0.2) is 0 Å². The van der Waals surface area contributed by atoms with E-state index in [1.165, 1.54) is 0 Å². The highest BCUT2D eigenvalue weighted by Crippen LogP contribution is 2.36. The average Bonchev–Trinajstić information content (AvgIpc) is 3.06. The largest absolute Gasteiger partial charge is 0.497 e. The Balaban J connectivity index is 1.93. The first-order valence-corrected chi connectivity index (χ1v) is 8.63. The van der Waals surface area contributed by atoms with Gasteiger partial charge < -0.3 is 4.74 Å². The molecular weight excluding hydrogens is 300 g/mol. The van der Waals surface area contributed by atoms with Crippen molar-refractivity contribution in [2.45, 2.75) is 23.8 Å². The van der Waals surface area contributed by atoms with E-state index in [-0.39, 0.29) is 6.04 Å². The number of hydrogen-bond donors (Lipinski definition) is 0. The number of sulfonamides is 1. The van der Waals surface area contributed by atoms with Gasteiger partial charge in [-0.1, -0.05) is 0 Å². The predicted molar refractivity (Wildman–Crippen MR) is 83.1 cm³/mol. The maximum atomic E-state index is 12.9. The Morgan fingerprint density at radius 1 is 1.14 bits per heavy atom. The van der Waals surface area contributed by atoms with E-state index in [1.807, 2.05) is 12.1 Å². The van der Waals surface area contributed by atoms with Gasteiger partial charge in [-0.25, -0.2) is 8.42 Å². The third-order valence-corrected chi connectivity index (χ3v) is 5.88. The zero-order valence-corrected chi connectivity index (χ0v) is 13.2. The summed E-state index contributed by atoms with van der Waals surface area (Å²) in [5.41, 5.74) is 0.990. The molecule has 1 aromatic heterocycles. The van der Waals surface area contributed by atoms with E-state index in [2.05, 4.69) is 4.98 Å². The van der Waals surface area contributed by atoms with Crippen LogP contribution in [0.2, 0.25) is 0 Å². The summed E-state index contributed by atoms with van der Waals surface area (Å²) in [5, 5.41) is 0. The fourth-order valence-electron chi connectivity index (χ4n) is 2.83. The molecule has 0 N–H and O–H groups in total. The molecule has 1 aliphatic rings. The number of pyridine rings is 1. The lowest BCUT2D eigenvalue weighted by molar-refractivity contribution is 0.396. The zero-order valence-electron chi connectivity index (χ0n) is 12.3. The van der Waals surface area contributed by atoms with E-state index in [0.717, 1.165) is 18.4 Å². The van der Waals surface area contributed by atoms with E-state index in [9.17, 15) is 8.42 Å². The smallest absolute Gasteiger partial charge is 0.243 e. The standard InChI is InChI=1S/C16H18N2O3S/c1-21-14-4-6-15(7-5-14)22(19,20)18-12-2-3-16(18)13-8-10-17-11-9-13/h4-11,16H,2-3,12H2,1H3. The SMILES string of the molecule is COc1ccc(S(=O)(=O)N2CCCC2c2ccncc2)cc1. The van der Waals surface area contributed by atoms with Crippen LogP contribution in [0.4, 0.5) is 0 Å². The number of rotatable bonds is 4. The minimum atomic E-state index is -3.50. The van der Waals surface area contributed by atoms with Gasteiger partial charge in [-0.15, -0.1) is 0 Å². The van der Waals surface area contributed by atoms with Gasteiger partial charge in [-0.2, -0.15) is 4.31 Å². The summed E-state index contributed by atoms with van der Waals surface area (Å²) in [5.74, 6) is 0.644. The molecule has 1 saturated heterocycles. The molecule has 2 heterocycles. The molecule has 0 amide bonds. The van der Waals surface area contributed by atoms with Crippen molar-refractivity contribution in [3.8, 4) is 5.75 Å². The second-order valence-electron chi connectivity index (χ2n) is 5.23. The van der Waals surface area contributed by atoms with Crippen LogP contribution in [-0.2, 0) is 10.0 Å². The molecule has 0 spiro atoms. The van der Waals surface area contributed by atoms with Gasteiger partial charge >= 0.3 is 0 Å². The minimum absolute atomic E-state index is 0.116. The van der Waals surface area contributed by atoms with Gasteiger partial charge in [0.2, 0.25) is 10.0 Å². The number of methoxy groups -OCH3 is 1. The molecule has 1 atom stereocenters. The van der Waals surface area contributed by atoms with Crippen LogP contribution in [0, 0.1) is 0 Å². The molecule has 0 radical (unpaired) electrons. The number of nitrogens with zero attached hydrogens (tertiary/aromatic N) is 2. The first-order chi connectivity index (χ1) is 10.6. The van der Waals surface area contributed by atoms with Crippen molar-refractivity contribution in [3.63, 3.8) is 0 Å². The lowest BCUT2D eigenvalue weighted by atomic mass is 10.1. The van der Waals surface area contributed by atoms with Crippen LogP contribution in [0.3, 0.4) is 0 Å². The van der Waals surface area contributed by atoms with Gasteiger partial charge in [0.25, 0.3) is 0 Å². The Morgan fingerprint density at radius 2 is 1.82 bits per heavy atom. The molecule has 1 unspecified atom stereocenters. The van der Waals surface area contributed by atoms with E-state index >= 15 is 0 Å². The first kappa shape index (κ1) is 15.0. The maximum Gasteiger partial charge on any atom is 0.243 e. The summed E-state index contributed by atoms with van der Waals surface area (Å²) in [4.78, 5) is 4.30. The summed E-state index contributed by atoms with van der Waals surface area (Å²) in [6, 6.07) is 10.2. The number of benzene rings is 1. The van der Waals surface area contributed by atoms with Gasteiger partial charge in [0.05, 0.1) is 18.0 Å². The van der Waals surface area contributed by atoms with Crippen molar-refractivity contribution in [1.29, 1.82) is 0 Å². The van der Waals surface area contributed by atoms with Gasteiger partial charge in [-0.3, -0.25) is 4.98 Å². The number of hydrogen-bond acceptors (Lipinski definition) is 4. The van der Waals surface area contributed by atoms with Crippen molar-refractivity contribution < 1.29 is 13.2 Å². The maximum absolute atomic E-state index is 12.9. The lowest BCUT2D eigenvalue weighted by Crippen LogP contribution is -2.30. The van der Waals surface area contributed by atoms with Gasteiger partial charge in [-0.05, 0) is 54.8 Å². The molecule has 0 saturated carbocycles. The summed E-state index contributed by atoms with van der Waals surface area (Å²) >= 11 is 0. The molecule has 1 aromatic carbocycles. The second-order valence-corrected chi connectivity index (χ2v) is 7.12. The highest BCUT2D eigenvalue weighted by atomic mass is 32.2. The van der Waals surface area contributed by atoms with E-state index < -0.39 is 10.0 Å². The van der Waals surface area contributed by atoms with Crippen LogP contribution < -0.4 is 4.74 Å². The summed E-state index contributed by atoms with van der Waals surface area (Å²) in [7, 11) is -1.94. The quantitative estimate of drug-likeness (QED) is 0.869. The third-order valence-electron chi connectivity index (χ3n) is 3.96. The van der Waals surface area contributed by atoms with E-state index in [4.69, 9.17) is 4.74 Å². The van der Waals surface area contributed by atoms with Crippen LogP contribution in [-0.4, -0.2) is 31.4 Å². The van der Waals surface area contributed by atoms with Crippen molar-refractivity contribution in [3.05, 3.63) is 54.4 Å². The Kier molecular flexibility index (Phi) is 4.13. The fraction of sp³-hybridized carbons (Fsp3) is 0.312. The van der Waals surface area contributed by atoms with Gasteiger partial charge in [0, 0.05) is 18.9 Å². The van der Waals surface area contributed by atoms with Crippen molar-refractivity contribution in [2.24, 2.45) is 0 Å². The van der Waals surface area contributed by atoms with Crippen LogP contribution in [0.1, 0.15) is 24.4 Å². The summed E-state index contributed by atoms with van der Waals surface area (Å²) in [6.07, 6.45) is 5.10. The van der Waals surface area contributed by atoms with Crippen LogP contribution in [0.15, 0.2) is 53.7 Å². The Labute approximate surface area is 130 Å². The number of ether oxygens (including phenoxy) is 1. The Hall–Kier alpha value is -1.92. The topological polar surface area (TPSA) is 59.5 Å². The highest BCUT2D eigenvalue weighted by Gasteiger charge is 2.36. The minimum Gasteiger partial charge on any atom is -0.497 e. The van der Waals surface area contributed by atoms with Crippen molar-refractivity contribution >= 4 is 10.0 Å². The third kappa shape index (κ3) is 2.71. The molecule has 3 rings (SSSR count). The molecular formula is C16H18N2O3S. The molecule has 6 heteroatoms. The zero-order chi connectivity index (χ0) is 15.6. The monoisotopic (exact) mass is 318 g/mol. The molecule has 22 heavy (non-hydrogen) atoms. The average molecular weight is 318 g/mol. The second kappa shape index (κ2) is 6.06. The molecule has 116 valence electrons. The first-order valence-electron chi connectivity index (χ1n) is 7.19. The molecule has 0 aliphatic carbocycles. The number of aromatic nitrogens is 1. The molecule has 1 aliphatic heterocycles. The Bertz CT molecular complexity index is 730. The highest BCUT2D eigenvalue weighted by molar-refractivity contribution is 7.89. The van der Waals surface area contributed by atoms with E-state index in [0.29, 0.717) is 17.2 Å². The molecule has 2 aromatic rings. The summed E-state index contributed by atoms with van der Waals surface area (Å²) in [6.45, 7) is 0.543. The predicted octanol–water partition coefficient (Wildman–Crippen LogP) is 2.62. The molecule has 1 fully saturated rings. The molecule has 5 nitrogen and oxygen atoms in total. The van der Waals surface area contributed by atoms with Crippen LogP contribution in [0.5, 0.6) is 5.75 Å². The lowest BCUT2D eigenvalue weighted by Gasteiger charge is -2.24. The van der Waals surface area contributed by atoms with Gasteiger partial charge in [0.1, 0.15) is 5.75 Å². The van der Waals surface area contributed by atoms with Crippen molar-refractivity contribution in [1.82, 2.24) is 9.29 Å². The fourth-order valence-corrected chi connectivity index (χ4v) is 4.51. The molecule has 0 bridgehead atoms. The normalized spacial score (nSPS) is 19.2. The van der Waals surface area contributed by atoms with E-state index in [1.54, 1.807) is 48.1 Å². The van der Waals surface area contributed by atoms with Crippen LogP contribution >= 0.6 is 0 Å². The van der Waals surface area contributed by atoms with Crippen LogP contribution in [0.25, 0.3) is 0 Å². The Morgan fingerprint density at radius 3 is 2.45 bits per heavy atom. The van der Waals surface area contributed by atoms with Crippen molar-refractivity contribution in [2.75, 3.05) is 13.7 Å². The summed E-state index contributed by atoms with van der Waals surface area (Å²) < 4.78 is 32.4.